The van der Waals surface area contributed by atoms with E-state index in [1.807, 2.05) is 6.92 Å². The fraction of sp³-hybridized carbons (Fsp3) is 0.250. The molecule has 9 heteroatoms. The highest BCUT2D eigenvalue weighted by Gasteiger charge is 2.16. The van der Waals surface area contributed by atoms with Crippen molar-refractivity contribution in [3.05, 3.63) is 45.8 Å². The monoisotopic (exact) mass is 290 g/mol. The Bertz CT molecular complexity index is 681. The van der Waals surface area contributed by atoms with Gasteiger partial charge in [-0.05, 0) is 18.6 Å². The van der Waals surface area contributed by atoms with E-state index in [9.17, 15) is 14.9 Å². The van der Waals surface area contributed by atoms with E-state index in [-0.39, 0.29) is 24.7 Å². The topological polar surface area (TPSA) is 129 Å². The number of nitro groups is 1. The number of carbonyl (C=O) groups excluding carboxylic acids is 1. The Labute approximate surface area is 119 Å². The molecule has 0 spiro atoms. The fourth-order valence-corrected chi connectivity index (χ4v) is 1.73. The maximum Gasteiger partial charge on any atom is 0.294 e. The molecule has 1 aromatic carbocycles. The number of nitrogens with zero attached hydrogens (tertiary/aromatic N) is 4. The second kappa shape index (κ2) is 6.09. The quantitative estimate of drug-likeness (QED) is 0.591. The van der Waals surface area contributed by atoms with Crippen molar-refractivity contribution in [2.75, 3.05) is 6.54 Å². The molecular formula is C12H14N6O3. The predicted octanol–water partition coefficient (Wildman–Crippen LogP) is 0.0588. The highest BCUT2D eigenvalue weighted by molar-refractivity contribution is 5.77. The van der Waals surface area contributed by atoms with Crippen LogP contribution in [0.2, 0.25) is 0 Å². The average molecular weight is 290 g/mol. The number of nitrogens with one attached hydrogen (secondary N) is 1. The van der Waals surface area contributed by atoms with E-state index in [0.29, 0.717) is 11.4 Å². The second-order valence-corrected chi connectivity index (χ2v) is 4.38. The first-order chi connectivity index (χ1) is 10.0. The van der Waals surface area contributed by atoms with Gasteiger partial charge in [-0.1, -0.05) is 11.3 Å². The summed E-state index contributed by atoms with van der Waals surface area (Å²) in [6.07, 6.45) is 1.53. The molecule has 1 amide bonds. The van der Waals surface area contributed by atoms with E-state index in [2.05, 4.69) is 15.6 Å². The molecule has 0 saturated heterocycles. The SMILES string of the molecule is Cc1ccc([N+](=O)[O-])c(-n2cc(CNC(=O)CN)nn2)c1. The van der Waals surface area contributed by atoms with Gasteiger partial charge >= 0.3 is 0 Å². The summed E-state index contributed by atoms with van der Waals surface area (Å²) >= 11 is 0. The largest absolute Gasteiger partial charge is 0.349 e. The number of hydrogen-bond donors (Lipinski definition) is 2. The predicted molar refractivity (Wildman–Crippen MR) is 73.7 cm³/mol. The first kappa shape index (κ1) is 14.6. The number of hydrogen-bond acceptors (Lipinski definition) is 6. The Hall–Kier alpha value is -2.81. The molecule has 1 heterocycles. The summed E-state index contributed by atoms with van der Waals surface area (Å²) in [5, 5.41) is 21.3. The summed E-state index contributed by atoms with van der Waals surface area (Å²) < 4.78 is 1.31. The number of rotatable bonds is 5. The van der Waals surface area contributed by atoms with E-state index in [0.717, 1.165) is 5.56 Å². The third-order valence-electron chi connectivity index (χ3n) is 2.77. The molecule has 1 aromatic heterocycles. The van der Waals surface area contributed by atoms with Crippen molar-refractivity contribution >= 4 is 11.6 Å². The molecule has 21 heavy (non-hydrogen) atoms. The smallest absolute Gasteiger partial charge is 0.294 e. The van der Waals surface area contributed by atoms with Crippen LogP contribution in [0.5, 0.6) is 0 Å². The van der Waals surface area contributed by atoms with Crippen LogP contribution in [0.4, 0.5) is 5.69 Å². The molecule has 0 radical (unpaired) electrons. The summed E-state index contributed by atoms with van der Waals surface area (Å²) in [7, 11) is 0. The van der Waals surface area contributed by atoms with Crippen molar-refractivity contribution in [2.24, 2.45) is 5.73 Å². The van der Waals surface area contributed by atoms with E-state index in [1.54, 1.807) is 12.1 Å². The standard InChI is InChI=1S/C12H14N6O3/c1-8-2-3-10(18(20)21)11(4-8)17-7-9(15-16-17)6-14-12(19)5-13/h2-4,7H,5-6,13H2,1H3,(H,14,19). The van der Waals surface area contributed by atoms with Gasteiger partial charge in [0.25, 0.3) is 5.69 Å². The van der Waals surface area contributed by atoms with Gasteiger partial charge in [-0.3, -0.25) is 14.9 Å². The molecule has 2 aromatic rings. The molecule has 0 aliphatic rings. The number of amides is 1. The summed E-state index contributed by atoms with van der Waals surface area (Å²) in [6.45, 7) is 1.87. The lowest BCUT2D eigenvalue weighted by Gasteiger charge is -2.03. The van der Waals surface area contributed by atoms with Crippen molar-refractivity contribution in [1.29, 1.82) is 0 Å². The minimum Gasteiger partial charge on any atom is -0.349 e. The third kappa shape index (κ3) is 3.39. The molecule has 3 N–H and O–H groups in total. The first-order valence-corrected chi connectivity index (χ1v) is 6.14. The lowest BCUT2D eigenvalue weighted by Crippen LogP contribution is -2.29. The van der Waals surface area contributed by atoms with Crippen molar-refractivity contribution in [3.8, 4) is 5.69 Å². The zero-order valence-electron chi connectivity index (χ0n) is 11.3. The molecule has 0 aliphatic heterocycles. The summed E-state index contributed by atoms with van der Waals surface area (Å²) in [5.74, 6) is -0.314. The van der Waals surface area contributed by atoms with Gasteiger partial charge in [-0.15, -0.1) is 5.10 Å². The highest BCUT2D eigenvalue weighted by Crippen LogP contribution is 2.23. The van der Waals surface area contributed by atoms with Gasteiger partial charge in [0.1, 0.15) is 11.4 Å². The third-order valence-corrected chi connectivity index (χ3v) is 2.77. The van der Waals surface area contributed by atoms with E-state index < -0.39 is 4.92 Å². The van der Waals surface area contributed by atoms with E-state index in [1.165, 1.54) is 16.9 Å². The van der Waals surface area contributed by atoms with Crippen LogP contribution in [0.1, 0.15) is 11.3 Å². The zero-order valence-corrected chi connectivity index (χ0v) is 11.3. The second-order valence-electron chi connectivity index (χ2n) is 4.38. The van der Waals surface area contributed by atoms with Gasteiger partial charge in [0.2, 0.25) is 5.91 Å². The molecule has 0 atom stereocenters. The molecule has 0 fully saturated rings. The Morgan fingerprint density at radius 3 is 2.95 bits per heavy atom. The van der Waals surface area contributed by atoms with Crippen molar-refractivity contribution in [2.45, 2.75) is 13.5 Å². The van der Waals surface area contributed by atoms with Crippen LogP contribution < -0.4 is 11.1 Å². The van der Waals surface area contributed by atoms with Crippen molar-refractivity contribution < 1.29 is 9.72 Å². The van der Waals surface area contributed by atoms with Crippen LogP contribution in [-0.2, 0) is 11.3 Å². The Morgan fingerprint density at radius 1 is 1.52 bits per heavy atom. The molecule has 0 bridgehead atoms. The van der Waals surface area contributed by atoms with E-state index in [4.69, 9.17) is 5.73 Å². The molecule has 9 nitrogen and oxygen atoms in total. The van der Waals surface area contributed by atoms with Gasteiger partial charge in [-0.25, -0.2) is 4.68 Å². The number of nitro benzene ring substituents is 1. The Balaban J connectivity index is 2.27. The molecule has 2 rings (SSSR count). The van der Waals surface area contributed by atoms with Crippen LogP contribution >= 0.6 is 0 Å². The van der Waals surface area contributed by atoms with Crippen LogP contribution in [0, 0.1) is 17.0 Å². The molecule has 0 aliphatic carbocycles. The normalized spacial score (nSPS) is 10.4. The summed E-state index contributed by atoms with van der Waals surface area (Å²) in [6, 6.07) is 4.72. The van der Waals surface area contributed by atoms with Gasteiger partial charge in [0, 0.05) is 6.07 Å². The van der Waals surface area contributed by atoms with Crippen molar-refractivity contribution in [1.82, 2.24) is 20.3 Å². The zero-order chi connectivity index (χ0) is 15.4. The number of nitrogens with two attached hydrogens (primary N) is 1. The number of aryl methyl sites for hydroxylation is 1. The minimum atomic E-state index is -0.480. The molecular weight excluding hydrogens is 276 g/mol. The molecule has 0 saturated carbocycles. The summed E-state index contributed by atoms with van der Waals surface area (Å²) in [5.41, 5.74) is 6.77. The van der Waals surface area contributed by atoms with Crippen LogP contribution in [0.25, 0.3) is 5.69 Å². The van der Waals surface area contributed by atoms with E-state index >= 15 is 0 Å². The maximum absolute atomic E-state index is 11.1. The van der Waals surface area contributed by atoms with Crippen LogP contribution in [0.15, 0.2) is 24.4 Å². The van der Waals surface area contributed by atoms with Crippen LogP contribution in [-0.4, -0.2) is 32.4 Å². The first-order valence-electron chi connectivity index (χ1n) is 6.14. The minimum absolute atomic E-state index is 0.0666. The van der Waals surface area contributed by atoms with Crippen LogP contribution in [0.3, 0.4) is 0 Å². The molecule has 110 valence electrons. The van der Waals surface area contributed by atoms with Gasteiger partial charge in [0.15, 0.2) is 0 Å². The Morgan fingerprint density at radius 2 is 2.29 bits per heavy atom. The number of benzene rings is 1. The number of aromatic nitrogens is 3. The van der Waals surface area contributed by atoms with Gasteiger partial charge in [0.05, 0.1) is 24.2 Å². The lowest BCUT2D eigenvalue weighted by atomic mass is 10.2. The maximum atomic E-state index is 11.1. The van der Waals surface area contributed by atoms with Gasteiger partial charge in [-0.2, -0.15) is 0 Å². The Kier molecular flexibility index (Phi) is 4.24. The highest BCUT2D eigenvalue weighted by atomic mass is 16.6. The molecule has 0 unspecified atom stereocenters. The summed E-state index contributed by atoms with van der Waals surface area (Å²) in [4.78, 5) is 21.6. The number of carbonyl (C=O) groups is 1. The van der Waals surface area contributed by atoms with Crippen molar-refractivity contribution in [3.63, 3.8) is 0 Å². The lowest BCUT2D eigenvalue weighted by molar-refractivity contribution is -0.384. The fourth-order valence-electron chi connectivity index (χ4n) is 1.73. The average Bonchev–Trinajstić information content (AvgIpc) is 2.93. The van der Waals surface area contributed by atoms with Gasteiger partial charge < -0.3 is 11.1 Å².